The lowest BCUT2D eigenvalue weighted by Crippen LogP contribution is -2.12. The van der Waals surface area contributed by atoms with Crippen LogP contribution in [-0.4, -0.2) is 27.2 Å². The van der Waals surface area contributed by atoms with Gasteiger partial charge in [0.05, 0.1) is 0 Å². The van der Waals surface area contributed by atoms with E-state index in [1.165, 1.54) is 11.3 Å². The third kappa shape index (κ3) is 6.56. The highest BCUT2D eigenvalue weighted by molar-refractivity contribution is 7.15. The monoisotopic (exact) mass is 333 g/mol. The molecule has 0 radical (unpaired) electrons. The Balaban J connectivity index is 1.71. The van der Waals surface area contributed by atoms with Gasteiger partial charge in [-0.05, 0) is 24.8 Å². The van der Waals surface area contributed by atoms with Crippen molar-refractivity contribution in [3.05, 3.63) is 40.9 Å². The van der Waals surface area contributed by atoms with Crippen molar-refractivity contribution >= 4 is 28.3 Å². The number of carbonyl (C=O) groups excluding carboxylic acids is 1. The van der Waals surface area contributed by atoms with E-state index in [0.29, 0.717) is 30.8 Å². The van der Waals surface area contributed by atoms with E-state index in [2.05, 4.69) is 15.5 Å². The topological polar surface area (TPSA) is 92.2 Å². The summed E-state index contributed by atoms with van der Waals surface area (Å²) in [7, 11) is 0. The number of aliphatic carboxylic acids is 1. The number of nitrogens with one attached hydrogen (secondary N) is 1. The second-order valence-corrected chi connectivity index (χ2v) is 6.20. The fourth-order valence-electron chi connectivity index (χ4n) is 2.04. The molecule has 1 aromatic heterocycles. The highest BCUT2D eigenvalue weighted by Crippen LogP contribution is 2.18. The van der Waals surface area contributed by atoms with E-state index < -0.39 is 5.97 Å². The summed E-state index contributed by atoms with van der Waals surface area (Å²) in [4.78, 5) is 22.3. The molecule has 2 aromatic rings. The lowest BCUT2D eigenvalue weighted by molar-refractivity contribution is -0.137. The first kappa shape index (κ1) is 17.1. The van der Waals surface area contributed by atoms with E-state index in [0.717, 1.165) is 17.0 Å². The summed E-state index contributed by atoms with van der Waals surface area (Å²) in [6, 6.07) is 9.84. The molecule has 0 bridgehead atoms. The van der Waals surface area contributed by atoms with E-state index in [9.17, 15) is 9.59 Å². The fourth-order valence-corrected chi connectivity index (χ4v) is 2.84. The molecule has 0 aliphatic heterocycles. The summed E-state index contributed by atoms with van der Waals surface area (Å²) in [6.45, 7) is 0. The number of unbranched alkanes of at least 4 members (excludes halogenated alkanes) is 1. The molecule has 0 spiro atoms. The average molecular weight is 333 g/mol. The van der Waals surface area contributed by atoms with Crippen LogP contribution in [0.4, 0.5) is 5.13 Å². The number of carboxylic acid groups (broad SMARTS) is 1. The van der Waals surface area contributed by atoms with Crippen LogP contribution in [0.25, 0.3) is 0 Å². The van der Waals surface area contributed by atoms with E-state index >= 15 is 0 Å². The van der Waals surface area contributed by atoms with Crippen molar-refractivity contribution in [2.24, 2.45) is 0 Å². The van der Waals surface area contributed by atoms with E-state index in [1.807, 2.05) is 30.3 Å². The van der Waals surface area contributed by atoms with E-state index in [-0.39, 0.29) is 12.3 Å². The molecule has 0 saturated heterocycles. The molecule has 122 valence electrons. The lowest BCUT2D eigenvalue weighted by Gasteiger charge is -2.01. The van der Waals surface area contributed by atoms with Crippen molar-refractivity contribution in [3.8, 4) is 0 Å². The van der Waals surface area contributed by atoms with Gasteiger partial charge in [0.15, 0.2) is 0 Å². The number of aryl methyl sites for hydroxylation is 2. The highest BCUT2D eigenvalue weighted by Gasteiger charge is 2.08. The lowest BCUT2D eigenvalue weighted by atomic mass is 10.1. The number of anilines is 1. The summed E-state index contributed by atoms with van der Waals surface area (Å²) in [5.74, 6) is -0.865. The zero-order valence-corrected chi connectivity index (χ0v) is 13.5. The minimum Gasteiger partial charge on any atom is -0.481 e. The Labute approximate surface area is 138 Å². The molecular formula is C16H19N3O3S. The summed E-state index contributed by atoms with van der Waals surface area (Å²) >= 11 is 1.34. The maximum atomic E-state index is 11.9. The molecule has 6 nitrogen and oxygen atoms in total. The maximum Gasteiger partial charge on any atom is 0.303 e. The molecule has 0 aliphatic carbocycles. The summed E-state index contributed by atoms with van der Waals surface area (Å²) in [5, 5.41) is 20.6. The Morgan fingerprint density at radius 3 is 2.57 bits per heavy atom. The van der Waals surface area contributed by atoms with Gasteiger partial charge in [-0.15, -0.1) is 10.2 Å². The first-order valence-electron chi connectivity index (χ1n) is 7.51. The number of carboxylic acids is 1. The smallest absolute Gasteiger partial charge is 0.303 e. The van der Waals surface area contributed by atoms with Gasteiger partial charge in [-0.2, -0.15) is 0 Å². The fraction of sp³-hybridized carbons (Fsp3) is 0.375. The van der Waals surface area contributed by atoms with Crippen LogP contribution in [0.3, 0.4) is 0 Å². The molecule has 0 saturated carbocycles. The number of nitrogens with zero attached hydrogens (tertiary/aromatic N) is 2. The minimum atomic E-state index is -0.784. The molecule has 1 heterocycles. The normalized spacial score (nSPS) is 10.4. The van der Waals surface area contributed by atoms with Crippen molar-refractivity contribution in [1.29, 1.82) is 0 Å². The minimum absolute atomic E-state index is 0.0811. The van der Waals surface area contributed by atoms with Gasteiger partial charge in [0.1, 0.15) is 5.01 Å². The quantitative estimate of drug-likeness (QED) is 0.688. The van der Waals surface area contributed by atoms with E-state index in [4.69, 9.17) is 5.11 Å². The molecule has 1 aromatic carbocycles. The second-order valence-electron chi connectivity index (χ2n) is 5.14. The van der Waals surface area contributed by atoms with Crippen LogP contribution in [0.1, 0.15) is 36.3 Å². The van der Waals surface area contributed by atoms with Gasteiger partial charge < -0.3 is 10.4 Å². The number of hydrogen-bond donors (Lipinski definition) is 2. The van der Waals surface area contributed by atoms with Crippen LogP contribution in [0, 0.1) is 0 Å². The Morgan fingerprint density at radius 1 is 1.04 bits per heavy atom. The number of hydrogen-bond acceptors (Lipinski definition) is 5. The third-order valence-electron chi connectivity index (χ3n) is 3.23. The number of carbonyl (C=O) groups is 2. The molecule has 23 heavy (non-hydrogen) atoms. The van der Waals surface area contributed by atoms with Crippen LogP contribution in [-0.2, 0) is 22.4 Å². The summed E-state index contributed by atoms with van der Waals surface area (Å²) in [5.41, 5.74) is 1.12. The summed E-state index contributed by atoms with van der Waals surface area (Å²) < 4.78 is 0. The Hall–Kier alpha value is -2.28. The van der Waals surface area contributed by atoms with Gasteiger partial charge in [-0.25, -0.2) is 0 Å². The Kier molecular flexibility index (Phi) is 6.68. The second kappa shape index (κ2) is 8.99. The first-order chi connectivity index (χ1) is 11.1. The zero-order valence-electron chi connectivity index (χ0n) is 12.7. The molecule has 7 heteroatoms. The van der Waals surface area contributed by atoms with Crippen LogP contribution in [0.15, 0.2) is 30.3 Å². The van der Waals surface area contributed by atoms with Gasteiger partial charge in [0.2, 0.25) is 11.0 Å². The van der Waals surface area contributed by atoms with Crippen LogP contribution in [0.5, 0.6) is 0 Å². The predicted molar refractivity (Wildman–Crippen MR) is 88.5 cm³/mol. The Bertz CT molecular complexity index is 643. The Morgan fingerprint density at radius 2 is 1.83 bits per heavy atom. The average Bonchev–Trinajstić information content (AvgIpc) is 2.98. The zero-order chi connectivity index (χ0) is 16.5. The van der Waals surface area contributed by atoms with Gasteiger partial charge in [0, 0.05) is 19.3 Å². The van der Waals surface area contributed by atoms with Crippen molar-refractivity contribution in [2.45, 2.75) is 38.5 Å². The number of amides is 1. The maximum absolute atomic E-state index is 11.9. The molecule has 0 aliphatic rings. The van der Waals surface area contributed by atoms with E-state index in [1.54, 1.807) is 0 Å². The molecule has 0 fully saturated rings. The molecule has 0 unspecified atom stereocenters. The molecule has 1 amide bonds. The molecule has 2 rings (SSSR count). The van der Waals surface area contributed by atoms with Gasteiger partial charge in [-0.3, -0.25) is 9.59 Å². The highest BCUT2D eigenvalue weighted by atomic mass is 32.1. The molecular weight excluding hydrogens is 314 g/mol. The van der Waals surface area contributed by atoms with Gasteiger partial charge >= 0.3 is 5.97 Å². The largest absolute Gasteiger partial charge is 0.481 e. The van der Waals surface area contributed by atoms with Crippen LogP contribution >= 0.6 is 11.3 Å². The van der Waals surface area contributed by atoms with Crippen molar-refractivity contribution < 1.29 is 14.7 Å². The number of benzene rings is 1. The van der Waals surface area contributed by atoms with Crippen molar-refractivity contribution in [2.75, 3.05) is 5.32 Å². The van der Waals surface area contributed by atoms with Crippen LogP contribution in [0.2, 0.25) is 0 Å². The number of aromatic nitrogens is 2. The van der Waals surface area contributed by atoms with Gasteiger partial charge in [0.25, 0.3) is 0 Å². The number of rotatable bonds is 9. The van der Waals surface area contributed by atoms with Crippen molar-refractivity contribution in [1.82, 2.24) is 10.2 Å². The first-order valence-corrected chi connectivity index (χ1v) is 8.33. The third-order valence-corrected chi connectivity index (χ3v) is 4.13. The van der Waals surface area contributed by atoms with Gasteiger partial charge in [-0.1, -0.05) is 41.7 Å². The predicted octanol–water partition coefficient (Wildman–Crippen LogP) is 2.91. The summed E-state index contributed by atoms with van der Waals surface area (Å²) in [6.07, 6.45) is 3.31. The molecule has 2 N–H and O–H groups in total. The van der Waals surface area contributed by atoms with Crippen LogP contribution < -0.4 is 5.32 Å². The van der Waals surface area contributed by atoms with Crippen molar-refractivity contribution in [3.63, 3.8) is 0 Å². The SMILES string of the molecule is O=C(O)CCCCc1nnc(NC(=O)CCc2ccccc2)s1. The molecule has 0 atom stereocenters. The standard InChI is InChI=1S/C16H19N3O3S/c20-13(11-10-12-6-2-1-3-7-12)17-16-19-18-14(23-16)8-4-5-9-15(21)22/h1-3,6-7H,4-5,8-11H2,(H,21,22)(H,17,19,20).